The Morgan fingerprint density at radius 1 is 0.743 bits per heavy atom. The van der Waals surface area contributed by atoms with Crippen molar-refractivity contribution in [2.24, 2.45) is 22.2 Å². The number of hydrogen-bond acceptors (Lipinski definition) is 9. The van der Waals surface area contributed by atoms with Crippen molar-refractivity contribution in [3.63, 3.8) is 0 Å². The molecule has 1 saturated heterocycles. The van der Waals surface area contributed by atoms with Gasteiger partial charge in [0.2, 0.25) is 5.91 Å². The van der Waals surface area contributed by atoms with Gasteiger partial charge in [-0.1, -0.05) is 68.6 Å². The number of likely N-dealkylation sites (tertiary alicyclic amines) is 1. The van der Waals surface area contributed by atoms with Crippen LogP contribution in [0.5, 0.6) is 0 Å². The third-order valence-electron chi connectivity index (χ3n) is 10.1. The highest BCUT2D eigenvalue weighted by atomic mass is 16.7. The van der Waals surface area contributed by atoms with Crippen LogP contribution in [0.25, 0.3) is 10.8 Å². The number of nitrogens with one attached hydrogen (secondary N) is 2. The number of nitrogens with two attached hydrogens (primary N) is 2. The van der Waals surface area contributed by atoms with Gasteiger partial charge in [0.05, 0.1) is 22.8 Å². The molecule has 1 aromatic carbocycles. The van der Waals surface area contributed by atoms with E-state index in [-0.39, 0.29) is 42.0 Å². The molecule has 1 aromatic heterocycles. The SMILES string of the molecule is CC#CC#CC#CC#CC#CC#CC#CC#CC#CC#CC#CC#CC#CC.C[C@@H]1CCC[C@H](C)N1CC(=O)N[C@@H](CC1CCCCC1)C(=O)CCc1ccc2c(N)nccc2c1.NN=NN[N+](=O)[O-].[HH].[HH].[HH].[HH].[HH].[HH].[HH].[HH].[HH].[HH].[HH].[HH].[HH].[HH].[HH].[HH].[HH]. The third kappa shape index (κ3) is 26.4. The number of nitrogen functional groups attached to an aromatic ring is 1. The maximum atomic E-state index is 13.4. The first-order valence-electron chi connectivity index (χ1n) is 22.1. The van der Waals surface area contributed by atoms with E-state index in [0.717, 1.165) is 35.6 Å². The number of aromatic nitrogens is 1. The van der Waals surface area contributed by atoms with Gasteiger partial charge in [0.25, 0.3) is 0 Å². The second-order valence-corrected chi connectivity index (χ2v) is 15.0. The molecule has 0 unspecified atom stereocenters. The largest absolute Gasteiger partial charge is 0.383 e. The zero-order valence-corrected chi connectivity index (χ0v) is 39.7. The van der Waals surface area contributed by atoms with Crippen LogP contribution in [-0.4, -0.2) is 51.3 Å². The fraction of sp³-hybridized carbons (Fsp3) is 0.351. The van der Waals surface area contributed by atoms with Crippen LogP contribution in [0.4, 0.5) is 5.82 Å². The summed E-state index contributed by atoms with van der Waals surface area (Å²) in [6.45, 7) is 8.20. The molecule has 1 aliphatic carbocycles. The smallest absolute Gasteiger partial charge is 0.234 e. The van der Waals surface area contributed by atoms with Crippen molar-refractivity contribution >= 4 is 28.3 Å². The Morgan fingerprint density at radius 3 is 1.64 bits per heavy atom. The van der Waals surface area contributed by atoms with E-state index in [0.29, 0.717) is 43.2 Å². The molecule has 0 radical (unpaired) electrons. The Hall–Kier alpha value is -9.59. The van der Waals surface area contributed by atoms with Crippen LogP contribution in [0.3, 0.4) is 0 Å². The topological polar surface area (TPSA) is 194 Å². The van der Waals surface area contributed by atoms with E-state index in [1.807, 2.05) is 18.2 Å². The third-order valence-corrected chi connectivity index (χ3v) is 10.1. The molecule has 13 heteroatoms. The number of aryl methyl sites for hydroxylation is 1. The number of anilines is 1. The van der Waals surface area contributed by atoms with Crippen molar-refractivity contribution < 1.29 is 38.9 Å². The molecule has 13 nitrogen and oxygen atoms in total. The molecule has 70 heavy (non-hydrogen) atoms. The molecule has 2 aliphatic rings. The highest BCUT2D eigenvalue weighted by Crippen LogP contribution is 2.28. The Kier molecular flexibility index (Phi) is 29.6. The van der Waals surface area contributed by atoms with Gasteiger partial charge in [-0.3, -0.25) is 20.3 Å². The van der Waals surface area contributed by atoms with E-state index >= 15 is 0 Å². The Morgan fingerprint density at radius 2 is 1.21 bits per heavy atom. The van der Waals surface area contributed by atoms with E-state index in [4.69, 9.17) is 5.73 Å². The van der Waals surface area contributed by atoms with E-state index in [1.54, 1.807) is 20.0 Å². The van der Waals surface area contributed by atoms with E-state index in [1.165, 1.54) is 44.1 Å². The van der Waals surface area contributed by atoms with Crippen molar-refractivity contribution in [2.75, 3.05) is 12.3 Å². The molecule has 0 bridgehead atoms. The molecule has 2 fully saturated rings. The summed E-state index contributed by atoms with van der Waals surface area (Å²) in [7, 11) is 0. The second-order valence-electron chi connectivity index (χ2n) is 15.0. The number of piperidine rings is 1. The van der Waals surface area contributed by atoms with Gasteiger partial charge < -0.3 is 21.2 Å². The monoisotopic (exact) mass is 960 g/mol. The number of nitrogens with zero attached hydrogens (tertiary/aromatic N) is 5. The van der Waals surface area contributed by atoms with Crippen LogP contribution in [0, 0.1) is 170 Å². The molecule has 1 amide bonds. The van der Waals surface area contributed by atoms with Gasteiger partial charge in [-0.05, 0) is 171 Å². The van der Waals surface area contributed by atoms with E-state index in [2.05, 4.69) is 205 Å². The summed E-state index contributed by atoms with van der Waals surface area (Å²) in [5.74, 6) is 71.2. The lowest BCUT2D eigenvalue weighted by atomic mass is 9.83. The zero-order chi connectivity index (χ0) is 50.9. The number of hydrogen-bond donors (Lipinski definition) is 4. The Balaban J connectivity index is -0.0000000641. The number of Topliss-reactive ketones (excluding diaryl/α,β-unsaturated/α-hetero) is 1. The average Bonchev–Trinajstić information content (AvgIpc) is 3.35. The maximum absolute atomic E-state index is 13.4. The van der Waals surface area contributed by atoms with Gasteiger partial charge in [-0.25, -0.2) is 4.98 Å². The van der Waals surface area contributed by atoms with Crippen LogP contribution >= 0.6 is 0 Å². The quantitative estimate of drug-likeness (QED) is 0.0558. The summed E-state index contributed by atoms with van der Waals surface area (Å²) >= 11 is 0. The fourth-order valence-electron chi connectivity index (χ4n) is 6.94. The highest BCUT2D eigenvalue weighted by Gasteiger charge is 2.29. The molecule has 2 aromatic rings. The van der Waals surface area contributed by atoms with Crippen molar-refractivity contribution in [3.05, 3.63) is 46.1 Å². The van der Waals surface area contributed by atoms with Gasteiger partial charge in [0.15, 0.2) is 11.0 Å². The number of benzene rings is 1. The van der Waals surface area contributed by atoms with Crippen LogP contribution < -0.4 is 22.4 Å². The van der Waals surface area contributed by atoms with Crippen molar-refractivity contribution in [1.82, 2.24) is 20.7 Å². The van der Waals surface area contributed by atoms with E-state index < -0.39 is 5.03 Å². The Labute approximate surface area is 438 Å². The lowest BCUT2D eigenvalue weighted by Crippen LogP contribution is -2.51. The molecule has 0 spiro atoms. The van der Waals surface area contributed by atoms with Gasteiger partial charge >= 0.3 is 0 Å². The molecule has 1 saturated carbocycles. The first kappa shape index (κ1) is 56.5. The number of nitro groups is 1. The number of carbonyl (C=O) groups is 2. The number of rotatable bonds is 11. The number of ketones is 1. The summed E-state index contributed by atoms with van der Waals surface area (Å²) < 4.78 is 0. The minimum Gasteiger partial charge on any atom is -0.383 e. The molecule has 3 atom stereocenters. The minimum absolute atomic E-state index is 0. The molecule has 1 aliphatic heterocycles. The molecule has 2 heterocycles. The normalized spacial score (nSPS) is 13.8. The first-order valence-corrected chi connectivity index (χ1v) is 22.1. The van der Waals surface area contributed by atoms with Crippen molar-refractivity contribution in [1.29, 1.82) is 0 Å². The van der Waals surface area contributed by atoms with Crippen LogP contribution in [0.15, 0.2) is 40.9 Å². The molecule has 382 valence electrons. The first-order chi connectivity index (χ1) is 34.1. The van der Waals surface area contributed by atoms with Gasteiger partial charge in [-0.15, -0.1) is 0 Å². The molecule has 6 N–H and O–H groups in total. The number of amides is 1. The molecular weight excluding hydrogens is 875 g/mol. The average molecular weight is 960 g/mol. The predicted molar refractivity (Wildman–Crippen MR) is 310 cm³/mol. The molecule has 4 rings (SSSR count). The second kappa shape index (κ2) is 36.6. The maximum Gasteiger partial charge on any atom is 0.234 e. The van der Waals surface area contributed by atoms with Crippen LogP contribution in [0.1, 0.15) is 122 Å². The van der Waals surface area contributed by atoms with E-state index in [9.17, 15) is 19.7 Å². The summed E-state index contributed by atoms with van der Waals surface area (Å²) in [5, 5.41) is 18.7. The van der Waals surface area contributed by atoms with Crippen LogP contribution in [-0.2, 0) is 16.0 Å². The molecular formula is C57H85N9O4. The summed E-state index contributed by atoms with van der Waals surface area (Å²) in [5.41, 5.74) is 8.44. The predicted octanol–water partition coefficient (Wildman–Crippen LogP) is 9.30. The van der Waals surface area contributed by atoms with Gasteiger partial charge in [-0.2, -0.15) is 0 Å². The number of hydrazine groups is 1. The van der Waals surface area contributed by atoms with Gasteiger partial charge in [0.1, 0.15) is 5.82 Å². The number of carbonyl (C=O) groups excluding carboxylic acids is 2. The summed E-state index contributed by atoms with van der Waals surface area (Å²) in [4.78, 5) is 42.2. The summed E-state index contributed by atoms with van der Waals surface area (Å²) in [6, 6.07) is 8.49. The lowest BCUT2D eigenvalue weighted by Gasteiger charge is -2.38. The highest BCUT2D eigenvalue weighted by molar-refractivity contribution is 5.92. The van der Waals surface area contributed by atoms with Crippen molar-refractivity contribution in [2.45, 2.75) is 116 Å². The lowest BCUT2D eigenvalue weighted by molar-refractivity contribution is -0.546. The van der Waals surface area contributed by atoms with Crippen LogP contribution in [0.2, 0.25) is 0 Å². The summed E-state index contributed by atoms with van der Waals surface area (Å²) in [6.07, 6.45) is 13.2. The van der Waals surface area contributed by atoms with Crippen molar-refractivity contribution in [3.8, 4) is 154 Å². The van der Waals surface area contributed by atoms with Gasteiger partial charge in [0, 0.05) is 107 Å². The minimum atomic E-state index is -0.879. The standard InChI is InChI=1S/C29H42N4O2.C28H6.H3N5O2.17H2/c1-20-7-6-8-21(2)33(20)19-28(35)32-26(18-22-9-4-3-5-10-22)27(34)14-12-23-11-13-25-24(17-23)15-16-31-29(25)30;1-3-5-7-9-11-13-15-17-19-21-23-25-27-28-26-24-22-20-18-16-14-12-10-8-6-4-2;1-2-3-4-5(6)7;;;;;;;;;;;;;;;;;/h11,13,15-17,20-22,26H,3-10,12,14,18-19H2,1-2H3,(H2,30,31)(H,32,35);1-2H3;(H2,1,3)(H,2,4);17*1H/t20-,21+,26-;;;;;;;;;;;;;;;;;;;/m0.................../s1. The zero-order valence-electron chi connectivity index (χ0n) is 39.7. The Bertz CT molecular complexity index is 3010. The fourth-order valence-corrected chi connectivity index (χ4v) is 6.94. The number of pyridine rings is 1. The number of fused-ring (bicyclic) bond motifs is 1.